The highest BCUT2D eigenvalue weighted by Crippen LogP contribution is 2.20. The molecule has 0 radical (unpaired) electrons. The molecule has 0 aliphatic carbocycles. The highest BCUT2D eigenvalue weighted by Gasteiger charge is 2.17. The maximum Gasteiger partial charge on any atom is 0.269 e. The van der Waals surface area contributed by atoms with E-state index in [1.54, 1.807) is 12.4 Å². The van der Waals surface area contributed by atoms with E-state index in [0.29, 0.717) is 11.6 Å². The van der Waals surface area contributed by atoms with Crippen LogP contribution in [-0.2, 0) is 0 Å². The van der Waals surface area contributed by atoms with Crippen LogP contribution in [-0.4, -0.2) is 20.9 Å². The molecule has 2 heterocycles. The third-order valence-corrected chi connectivity index (χ3v) is 2.84. The fourth-order valence-electron chi connectivity index (χ4n) is 1.95. The van der Waals surface area contributed by atoms with Gasteiger partial charge in [0.05, 0.1) is 18.6 Å². The second-order valence-corrected chi connectivity index (χ2v) is 4.91. The molecule has 19 heavy (non-hydrogen) atoms. The summed E-state index contributed by atoms with van der Waals surface area (Å²) in [5.41, 5.74) is 1.49. The Hall–Kier alpha value is -2.17. The summed E-state index contributed by atoms with van der Waals surface area (Å²) in [5.74, 6) is 0.333. The van der Waals surface area contributed by atoms with Crippen LogP contribution in [0.1, 0.15) is 42.4 Å². The van der Waals surface area contributed by atoms with E-state index in [9.17, 15) is 4.79 Å². The maximum absolute atomic E-state index is 12.1. The van der Waals surface area contributed by atoms with Gasteiger partial charge in [-0.1, -0.05) is 19.9 Å². The molecule has 2 N–H and O–H groups in total. The van der Waals surface area contributed by atoms with Gasteiger partial charge in [-0.3, -0.25) is 9.78 Å². The molecule has 0 aliphatic rings. The summed E-state index contributed by atoms with van der Waals surface area (Å²) in [6, 6.07) is 3.82. The molecule has 2 aromatic heterocycles. The van der Waals surface area contributed by atoms with E-state index in [0.717, 1.165) is 12.0 Å². The minimum absolute atomic E-state index is 0.0375. The number of hydrogen-bond acceptors (Lipinski definition) is 3. The number of aromatic amines is 1. The molecule has 2 aromatic rings. The van der Waals surface area contributed by atoms with Crippen LogP contribution >= 0.6 is 0 Å². The minimum Gasteiger partial charge on any atom is -0.344 e. The molecule has 0 aromatic carbocycles. The van der Waals surface area contributed by atoms with Gasteiger partial charge in [0.2, 0.25) is 0 Å². The van der Waals surface area contributed by atoms with Crippen LogP contribution in [0, 0.1) is 5.92 Å². The Bertz CT molecular complexity index is 508. The zero-order valence-electron chi connectivity index (χ0n) is 11.1. The fraction of sp³-hybridized carbons (Fsp3) is 0.357. The van der Waals surface area contributed by atoms with Crippen molar-refractivity contribution in [2.75, 3.05) is 0 Å². The first-order valence-corrected chi connectivity index (χ1v) is 6.36. The number of aromatic nitrogens is 3. The topological polar surface area (TPSA) is 70.7 Å². The lowest BCUT2D eigenvalue weighted by Gasteiger charge is -2.20. The van der Waals surface area contributed by atoms with E-state index in [1.165, 1.54) is 12.5 Å². The van der Waals surface area contributed by atoms with Gasteiger partial charge in [0.15, 0.2) is 0 Å². The van der Waals surface area contributed by atoms with Gasteiger partial charge in [-0.2, -0.15) is 0 Å². The van der Waals surface area contributed by atoms with Gasteiger partial charge < -0.3 is 10.3 Å². The van der Waals surface area contributed by atoms with Crippen molar-refractivity contribution < 1.29 is 4.79 Å². The number of amides is 1. The molecule has 0 fully saturated rings. The third kappa shape index (κ3) is 3.64. The molecule has 0 saturated heterocycles. The van der Waals surface area contributed by atoms with Crippen LogP contribution in [0.4, 0.5) is 0 Å². The van der Waals surface area contributed by atoms with Gasteiger partial charge in [0.1, 0.15) is 5.69 Å². The summed E-state index contributed by atoms with van der Waals surface area (Å²) in [6.45, 7) is 4.26. The Kier molecular flexibility index (Phi) is 4.28. The minimum atomic E-state index is -0.146. The molecule has 0 unspecified atom stereocenters. The second-order valence-electron chi connectivity index (χ2n) is 4.91. The molecule has 0 aliphatic heterocycles. The molecule has 100 valence electrons. The first-order valence-electron chi connectivity index (χ1n) is 6.36. The summed E-state index contributed by atoms with van der Waals surface area (Å²) in [7, 11) is 0. The highest BCUT2D eigenvalue weighted by atomic mass is 16.1. The molecule has 1 atom stereocenters. The number of rotatable bonds is 5. The van der Waals surface area contributed by atoms with E-state index in [-0.39, 0.29) is 11.9 Å². The second kappa shape index (κ2) is 6.13. The largest absolute Gasteiger partial charge is 0.344 e. The number of nitrogens with one attached hydrogen (secondary N) is 2. The van der Waals surface area contributed by atoms with Gasteiger partial charge in [-0.15, -0.1) is 0 Å². The van der Waals surface area contributed by atoms with Crippen molar-refractivity contribution in [1.29, 1.82) is 0 Å². The lowest BCUT2D eigenvalue weighted by atomic mass is 9.98. The summed E-state index contributed by atoms with van der Waals surface area (Å²) in [5, 5.41) is 3.02. The van der Waals surface area contributed by atoms with Crippen molar-refractivity contribution >= 4 is 5.91 Å². The normalized spacial score (nSPS) is 12.4. The zero-order valence-corrected chi connectivity index (χ0v) is 11.1. The SMILES string of the molecule is CC(C)C[C@@H](NC(=O)c1cnc[nH]1)c1cccnc1. The lowest BCUT2D eigenvalue weighted by Crippen LogP contribution is -2.29. The zero-order chi connectivity index (χ0) is 13.7. The number of H-pyrrole nitrogens is 1. The monoisotopic (exact) mass is 258 g/mol. The molecular weight excluding hydrogens is 240 g/mol. The van der Waals surface area contributed by atoms with Crippen molar-refractivity contribution in [2.45, 2.75) is 26.3 Å². The standard InChI is InChI=1S/C14H18N4O/c1-10(2)6-12(11-4-3-5-15-7-11)18-14(19)13-8-16-9-17-13/h3-5,7-10,12H,6H2,1-2H3,(H,16,17)(H,18,19)/t12-/m1/s1. The van der Waals surface area contributed by atoms with Crippen LogP contribution in [0.3, 0.4) is 0 Å². The van der Waals surface area contributed by atoms with E-state index in [2.05, 4.69) is 34.1 Å². The van der Waals surface area contributed by atoms with Gasteiger partial charge in [0, 0.05) is 12.4 Å². The van der Waals surface area contributed by atoms with Crippen LogP contribution < -0.4 is 5.32 Å². The molecule has 0 bridgehead atoms. The molecule has 2 rings (SSSR count). The molecule has 0 spiro atoms. The van der Waals surface area contributed by atoms with E-state index >= 15 is 0 Å². The molecular formula is C14H18N4O. The quantitative estimate of drug-likeness (QED) is 0.864. The van der Waals surface area contributed by atoms with Crippen LogP contribution in [0.5, 0.6) is 0 Å². The smallest absolute Gasteiger partial charge is 0.269 e. The summed E-state index contributed by atoms with van der Waals surface area (Å²) in [4.78, 5) is 22.8. The lowest BCUT2D eigenvalue weighted by molar-refractivity contribution is 0.0927. The predicted molar refractivity (Wildman–Crippen MR) is 72.5 cm³/mol. The van der Waals surface area contributed by atoms with Crippen molar-refractivity contribution in [1.82, 2.24) is 20.3 Å². The highest BCUT2D eigenvalue weighted by molar-refractivity contribution is 5.92. The Labute approximate surface area is 112 Å². The summed E-state index contributed by atoms with van der Waals surface area (Å²) >= 11 is 0. The van der Waals surface area contributed by atoms with Crippen molar-refractivity contribution in [3.05, 3.63) is 48.3 Å². The van der Waals surface area contributed by atoms with Gasteiger partial charge in [-0.25, -0.2) is 4.98 Å². The third-order valence-electron chi connectivity index (χ3n) is 2.84. The van der Waals surface area contributed by atoms with Gasteiger partial charge in [0.25, 0.3) is 5.91 Å². The molecule has 1 amide bonds. The Morgan fingerprint density at radius 1 is 1.37 bits per heavy atom. The number of pyridine rings is 1. The molecule has 5 heteroatoms. The van der Waals surface area contributed by atoms with Crippen LogP contribution in [0.15, 0.2) is 37.1 Å². The summed E-state index contributed by atoms with van der Waals surface area (Å²) in [6.07, 6.45) is 7.40. The van der Waals surface area contributed by atoms with Crippen molar-refractivity contribution in [2.24, 2.45) is 5.92 Å². The molecule has 5 nitrogen and oxygen atoms in total. The van der Waals surface area contributed by atoms with Gasteiger partial charge >= 0.3 is 0 Å². The van der Waals surface area contributed by atoms with Crippen molar-refractivity contribution in [3.63, 3.8) is 0 Å². The Morgan fingerprint density at radius 3 is 2.79 bits per heavy atom. The first-order chi connectivity index (χ1) is 9.16. The van der Waals surface area contributed by atoms with Gasteiger partial charge in [-0.05, 0) is 24.0 Å². The average molecular weight is 258 g/mol. The number of carbonyl (C=O) groups excluding carboxylic acids is 1. The Balaban J connectivity index is 2.13. The van der Waals surface area contributed by atoms with E-state index < -0.39 is 0 Å². The fourth-order valence-corrected chi connectivity index (χ4v) is 1.95. The van der Waals surface area contributed by atoms with Crippen LogP contribution in [0.25, 0.3) is 0 Å². The average Bonchev–Trinajstić information content (AvgIpc) is 2.92. The van der Waals surface area contributed by atoms with Crippen molar-refractivity contribution in [3.8, 4) is 0 Å². The van der Waals surface area contributed by atoms with E-state index in [4.69, 9.17) is 0 Å². The summed E-state index contributed by atoms with van der Waals surface area (Å²) < 4.78 is 0. The first kappa shape index (κ1) is 13.3. The van der Waals surface area contributed by atoms with Crippen LogP contribution in [0.2, 0.25) is 0 Å². The maximum atomic E-state index is 12.1. The predicted octanol–water partition coefficient (Wildman–Crippen LogP) is 2.32. The molecule has 0 saturated carbocycles. The number of carbonyl (C=O) groups is 1. The van der Waals surface area contributed by atoms with E-state index in [1.807, 2.05) is 12.1 Å². The number of nitrogens with zero attached hydrogens (tertiary/aromatic N) is 2. The number of imidazole rings is 1. The number of hydrogen-bond donors (Lipinski definition) is 2. The Morgan fingerprint density at radius 2 is 2.21 bits per heavy atom.